The van der Waals surface area contributed by atoms with Gasteiger partial charge in [-0.15, -0.1) is 0 Å². The Morgan fingerprint density at radius 2 is 2.06 bits per heavy atom. The topological polar surface area (TPSA) is 57.5 Å². The predicted octanol–water partition coefficient (Wildman–Crippen LogP) is 2.59. The predicted molar refractivity (Wildman–Crippen MR) is 53.6 cm³/mol. The molecule has 0 aliphatic heterocycles. The van der Waals surface area contributed by atoms with Crippen molar-refractivity contribution in [2.45, 2.75) is 19.8 Å². The van der Waals surface area contributed by atoms with Gasteiger partial charge < -0.3 is 10.2 Å². The van der Waals surface area contributed by atoms with Gasteiger partial charge in [0.2, 0.25) is 0 Å². The van der Waals surface area contributed by atoms with E-state index in [9.17, 15) is 18.7 Å². The zero-order chi connectivity index (χ0) is 12.3. The standard InChI is InChI=1S/C11H12F2O3/c1-6(11(15)16)4-8-5-7(10(12)13)2-3-9(8)14/h2-3,5-6,10,14H,4H2,1H3,(H,15,16). The fraction of sp³-hybridized carbons (Fsp3) is 0.364. The Labute approximate surface area is 91.3 Å². The molecule has 1 rings (SSSR count). The van der Waals surface area contributed by atoms with Gasteiger partial charge in [-0.3, -0.25) is 4.79 Å². The summed E-state index contributed by atoms with van der Waals surface area (Å²) >= 11 is 0. The number of alkyl halides is 2. The molecule has 1 aromatic rings. The number of phenolic OH excluding ortho intramolecular Hbond substituents is 1. The molecule has 0 heterocycles. The molecule has 2 N–H and O–H groups in total. The Kier molecular flexibility index (Phi) is 3.82. The molecule has 1 aromatic carbocycles. The molecule has 3 nitrogen and oxygen atoms in total. The Hall–Kier alpha value is -1.65. The van der Waals surface area contributed by atoms with Crippen molar-refractivity contribution in [3.05, 3.63) is 29.3 Å². The van der Waals surface area contributed by atoms with Crippen LogP contribution in [0.25, 0.3) is 0 Å². The quantitative estimate of drug-likeness (QED) is 0.835. The van der Waals surface area contributed by atoms with Gasteiger partial charge in [0.15, 0.2) is 0 Å². The monoisotopic (exact) mass is 230 g/mol. The molecule has 0 saturated heterocycles. The molecule has 0 bridgehead atoms. The van der Waals surface area contributed by atoms with E-state index in [1.54, 1.807) is 0 Å². The van der Waals surface area contributed by atoms with Gasteiger partial charge >= 0.3 is 5.97 Å². The van der Waals surface area contributed by atoms with Crippen LogP contribution in [0.2, 0.25) is 0 Å². The molecular formula is C11H12F2O3. The highest BCUT2D eigenvalue weighted by Crippen LogP contribution is 2.27. The van der Waals surface area contributed by atoms with Crippen LogP contribution in [-0.4, -0.2) is 16.2 Å². The summed E-state index contributed by atoms with van der Waals surface area (Å²) in [7, 11) is 0. The molecular weight excluding hydrogens is 218 g/mol. The molecule has 0 aliphatic carbocycles. The first-order valence-corrected chi connectivity index (χ1v) is 4.74. The molecule has 0 radical (unpaired) electrons. The van der Waals surface area contributed by atoms with Crippen LogP contribution in [0, 0.1) is 5.92 Å². The number of phenols is 1. The van der Waals surface area contributed by atoms with Crippen molar-refractivity contribution in [2.75, 3.05) is 0 Å². The van der Waals surface area contributed by atoms with Crippen LogP contribution in [0.3, 0.4) is 0 Å². The van der Waals surface area contributed by atoms with Crippen molar-refractivity contribution in [1.82, 2.24) is 0 Å². The summed E-state index contributed by atoms with van der Waals surface area (Å²) in [6.45, 7) is 1.46. The highest BCUT2D eigenvalue weighted by Gasteiger charge is 2.16. The maximum absolute atomic E-state index is 12.4. The smallest absolute Gasteiger partial charge is 0.306 e. The van der Waals surface area contributed by atoms with E-state index in [1.807, 2.05) is 0 Å². The number of benzene rings is 1. The summed E-state index contributed by atoms with van der Waals surface area (Å²) in [6, 6.07) is 3.42. The van der Waals surface area contributed by atoms with Gasteiger partial charge in [0.1, 0.15) is 5.75 Å². The van der Waals surface area contributed by atoms with Gasteiger partial charge in [-0.2, -0.15) is 0 Å². The zero-order valence-electron chi connectivity index (χ0n) is 8.65. The van der Waals surface area contributed by atoms with E-state index >= 15 is 0 Å². The highest BCUT2D eigenvalue weighted by atomic mass is 19.3. The summed E-state index contributed by atoms with van der Waals surface area (Å²) in [4.78, 5) is 10.6. The molecule has 16 heavy (non-hydrogen) atoms. The average Bonchev–Trinajstić information content (AvgIpc) is 2.20. The Morgan fingerprint density at radius 3 is 2.56 bits per heavy atom. The summed E-state index contributed by atoms with van der Waals surface area (Å²) < 4.78 is 24.8. The van der Waals surface area contributed by atoms with E-state index in [4.69, 9.17) is 5.11 Å². The van der Waals surface area contributed by atoms with Gasteiger partial charge in [0.25, 0.3) is 6.43 Å². The van der Waals surface area contributed by atoms with Crippen LogP contribution in [0.15, 0.2) is 18.2 Å². The number of rotatable bonds is 4. The van der Waals surface area contributed by atoms with Crippen LogP contribution in [0.1, 0.15) is 24.5 Å². The van der Waals surface area contributed by atoms with Gasteiger partial charge in [0.05, 0.1) is 5.92 Å². The molecule has 0 spiro atoms. The molecule has 0 aromatic heterocycles. The molecule has 5 heteroatoms. The van der Waals surface area contributed by atoms with Crippen molar-refractivity contribution in [3.63, 3.8) is 0 Å². The van der Waals surface area contributed by atoms with E-state index in [-0.39, 0.29) is 23.3 Å². The summed E-state index contributed by atoms with van der Waals surface area (Å²) in [5, 5.41) is 18.1. The van der Waals surface area contributed by atoms with Crippen molar-refractivity contribution < 1.29 is 23.8 Å². The third-order valence-corrected chi connectivity index (χ3v) is 2.30. The van der Waals surface area contributed by atoms with E-state index in [0.717, 1.165) is 18.2 Å². The summed E-state index contributed by atoms with van der Waals surface area (Å²) in [5.41, 5.74) is 0.0121. The molecule has 1 unspecified atom stereocenters. The van der Waals surface area contributed by atoms with Crippen molar-refractivity contribution >= 4 is 5.97 Å². The first-order valence-electron chi connectivity index (χ1n) is 4.74. The maximum Gasteiger partial charge on any atom is 0.306 e. The second kappa shape index (κ2) is 4.92. The number of halogens is 2. The number of hydrogen-bond donors (Lipinski definition) is 2. The van der Waals surface area contributed by atoms with E-state index in [1.165, 1.54) is 6.92 Å². The lowest BCUT2D eigenvalue weighted by atomic mass is 9.99. The SMILES string of the molecule is CC(Cc1cc(C(F)F)ccc1O)C(=O)O. The zero-order valence-corrected chi connectivity index (χ0v) is 8.65. The van der Waals surface area contributed by atoms with E-state index in [2.05, 4.69) is 0 Å². The van der Waals surface area contributed by atoms with E-state index < -0.39 is 18.3 Å². The number of carbonyl (C=O) groups is 1. The maximum atomic E-state index is 12.4. The van der Waals surface area contributed by atoms with Crippen molar-refractivity contribution in [3.8, 4) is 5.75 Å². The molecule has 88 valence electrons. The number of carboxylic acid groups (broad SMARTS) is 1. The first kappa shape index (κ1) is 12.4. The molecule has 0 amide bonds. The van der Waals surface area contributed by atoms with Crippen LogP contribution >= 0.6 is 0 Å². The van der Waals surface area contributed by atoms with Gasteiger partial charge in [-0.1, -0.05) is 6.92 Å². The minimum atomic E-state index is -2.63. The normalized spacial score (nSPS) is 12.8. The molecule has 0 aliphatic rings. The highest BCUT2D eigenvalue weighted by molar-refractivity contribution is 5.70. The minimum Gasteiger partial charge on any atom is -0.508 e. The fourth-order valence-corrected chi connectivity index (χ4v) is 1.32. The third kappa shape index (κ3) is 2.92. The number of hydrogen-bond acceptors (Lipinski definition) is 2. The lowest BCUT2D eigenvalue weighted by molar-refractivity contribution is -0.141. The van der Waals surface area contributed by atoms with Crippen molar-refractivity contribution in [1.29, 1.82) is 0 Å². The van der Waals surface area contributed by atoms with Crippen LogP contribution in [0.4, 0.5) is 8.78 Å². The number of aliphatic carboxylic acids is 1. The Balaban J connectivity index is 2.94. The van der Waals surface area contributed by atoms with Gasteiger partial charge in [0, 0.05) is 5.56 Å². The number of carboxylic acids is 1. The molecule has 0 fully saturated rings. The van der Waals surface area contributed by atoms with Crippen LogP contribution in [0.5, 0.6) is 5.75 Å². The molecule has 1 atom stereocenters. The largest absolute Gasteiger partial charge is 0.508 e. The van der Waals surface area contributed by atoms with Crippen LogP contribution in [-0.2, 0) is 11.2 Å². The number of aromatic hydroxyl groups is 1. The minimum absolute atomic E-state index is 0.0295. The average molecular weight is 230 g/mol. The third-order valence-electron chi connectivity index (χ3n) is 2.30. The Morgan fingerprint density at radius 1 is 1.44 bits per heavy atom. The Bertz CT molecular complexity index is 391. The van der Waals surface area contributed by atoms with Gasteiger partial charge in [-0.25, -0.2) is 8.78 Å². The fourth-order valence-electron chi connectivity index (χ4n) is 1.32. The lowest BCUT2D eigenvalue weighted by Crippen LogP contribution is -2.12. The van der Waals surface area contributed by atoms with Crippen molar-refractivity contribution in [2.24, 2.45) is 5.92 Å². The second-order valence-corrected chi connectivity index (χ2v) is 3.63. The lowest BCUT2D eigenvalue weighted by Gasteiger charge is -2.10. The first-order chi connectivity index (χ1) is 7.41. The van der Waals surface area contributed by atoms with Gasteiger partial charge in [-0.05, 0) is 30.2 Å². The second-order valence-electron chi connectivity index (χ2n) is 3.63. The van der Waals surface area contributed by atoms with Crippen LogP contribution < -0.4 is 0 Å². The molecule has 0 saturated carbocycles. The summed E-state index contributed by atoms with van der Waals surface area (Å²) in [6.07, 6.45) is -2.60. The van der Waals surface area contributed by atoms with E-state index in [0.29, 0.717) is 0 Å². The summed E-state index contributed by atoms with van der Waals surface area (Å²) in [5.74, 6) is -1.90.